The van der Waals surface area contributed by atoms with Crippen molar-refractivity contribution in [2.24, 2.45) is 5.73 Å². The maximum Gasteiger partial charge on any atom is 0.0585 e. The van der Waals surface area contributed by atoms with Crippen molar-refractivity contribution in [3.8, 4) is 0 Å². The molecule has 0 saturated carbocycles. The van der Waals surface area contributed by atoms with Crippen molar-refractivity contribution in [1.29, 1.82) is 0 Å². The van der Waals surface area contributed by atoms with E-state index in [1.54, 1.807) is 0 Å². The first kappa shape index (κ1) is 10.5. The first-order valence-corrected chi connectivity index (χ1v) is 5.51. The molecule has 0 aliphatic carbocycles. The first-order valence-electron chi connectivity index (χ1n) is 5.51. The Bertz CT molecular complexity index is 338. The second-order valence-electron chi connectivity index (χ2n) is 4.17. The van der Waals surface area contributed by atoms with Gasteiger partial charge in [0.15, 0.2) is 0 Å². The molecule has 1 atom stereocenters. The number of anilines is 1. The Hall–Kier alpha value is -1.06. The molecular formula is C12H18N2O. The highest BCUT2D eigenvalue weighted by Crippen LogP contribution is 2.23. The third-order valence-corrected chi connectivity index (χ3v) is 2.84. The van der Waals surface area contributed by atoms with Crippen LogP contribution < -0.4 is 11.1 Å². The molecule has 1 unspecified atom stereocenters. The summed E-state index contributed by atoms with van der Waals surface area (Å²) < 4.78 is 0. The van der Waals surface area contributed by atoms with Crippen LogP contribution in [0.4, 0.5) is 5.69 Å². The van der Waals surface area contributed by atoms with Crippen molar-refractivity contribution in [1.82, 2.24) is 0 Å². The van der Waals surface area contributed by atoms with E-state index in [1.807, 2.05) is 0 Å². The molecule has 1 heterocycles. The fourth-order valence-electron chi connectivity index (χ4n) is 2.02. The molecule has 2 rings (SSSR count). The van der Waals surface area contributed by atoms with E-state index in [4.69, 9.17) is 10.8 Å². The van der Waals surface area contributed by atoms with Crippen LogP contribution in [0.5, 0.6) is 0 Å². The summed E-state index contributed by atoms with van der Waals surface area (Å²) in [5.41, 5.74) is 9.57. The summed E-state index contributed by atoms with van der Waals surface area (Å²) >= 11 is 0. The number of benzene rings is 1. The molecule has 1 aliphatic rings. The van der Waals surface area contributed by atoms with E-state index in [0.29, 0.717) is 0 Å². The van der Waals surface area contributed by atoms with Gasteiger partial charge in [0.05, 0.1) is 6.61 Å². The molecule has 3 nitrogen and oxygen atoms in total. The number of nitrogens with two attached hydrogens (primary N) is 1. The molecule has 0 bridgehead atoms. The number of aliphatic hydroxyl groups is 1. The maximum atomic E-state index is 8.90. The van der Waals surface area contributed by atoms with Crippen LogP contribution in [-0.4, -0.2) is 24.3 Å². The van der Waals surface area contributed by atoms with Gasteiger partial charge in [-0.05, 0) is 36.5 Å². The predicted octanol–water partition coefficient (Wildman–Crippen LogP) is 0.907. The normalized spacial score (nSPS) is 16.7. The quantitative estimate of drug-likeness (QED) is 0.689. The monoisotopic (exact) mass is 206 g/mol. The Labute approximate surface area is 90.3 Å². The minimum Gasteiger partial charge on any atom is -0.395 e. The number of rotatable bonds is 3. The third kappa shape index (κ3) is 2.49. The third-order valence-electron chi connectivity index (χ3n) is 2.84. The van der Waals surface area contributed by atoms with Gasteiger partial charge in [0, 0.05) is 18.3 Å². The van der Waals surface area contributed by atoms with E-state index in [1.165, 1.54) is 23.2 Å². The Balaban J connectivity index is 2.13. The second-order valence-corrected chi connectivity index (χ2v) is 4.17. The fourth-order valence-corrected chi connectivity index (χ4v) is 2.02. The molecule has 1 aromatic carbocycles. The van der Waals surface area contributed by atoms with Gasteiger partial charge in [0.2, 0.25) is 0 Å². The number of aliphatic hydroxyl groups excluding tert-OH is 1. The Morgan fingerprint density at radius 1 is 1.47 bits per heavy atom. The molecule has 0 amide bonds. The number of aryl methyl sites for hydroxylation is 1. The zero-order chi connectivity index (χ0) is 10.7. The Morgan fingerprint density at radius 3 is 3.13 bits per heavy atom. The Morgan fingerprint density at radius 2 is 2.33 bits per heavy atom. The van der Waals surface area contributed by atoms with Gasteiger partial charge in [0.25, 0.3) is 0 Å². The van der Waals surface area contributed by atoms with E-state index in [2.05, 4.69) is 23.5 Å². The molecule has 0 aromatic heterocycles. The van der Waals surface area contributed by atoms with Crippen molar-refractivity contribution < 1.29 is 5.11 Å². The van der Waals surface area contributed by atoms with Crippen LogP contribution in [0.2, 0.25) is 0 Å². The van der Waals surface area contributed by atoms with Gasteiger partial charge < -0.3 is 16.2 Å². The van der Waals surface area contributed by atoms with Crippen LogP contribution in [0, 0.1) is 0 Å². The smallest absolute Gasteiger partial charge is 0.0585 e. The topological polar surface area (TPSA) is 58.3 Å². The highest BCUT2D eigenvalue weighted by molar-refractivity contribution is 5.54. The van der Waals surface area contributed by atoms with Crippen LogP contribution >= 0.6 is 0 Å². The summed E-state index contributed by atoms with van der Waals surface area (Å²) in [4.78, 5) is 0. The van der Waals surface area contributed by atoms with Gasteiger partial charge in [0.1, 0.15) is 0 Å². The van der Waals surface area contributed by atoms with E-state index in [9.17, 15) is 0 Å². The zero-order valence-corrected chi connectivity index (χ0v) is 8.87. The van der Waals surface area contributed by atoms with Crippen LogP contribution in [0.1, 0.15) is 17.5 Å². The molecule has 15 heavy (non-hydrogen) atoms. The number of hydrogen-bond acceptors (Lipinski definition) is 3. The molecule has 4 N–H and O–H groups in total. The van der Waals surface area contributed by atoms with E-state index < -0.39 is 0 Å². The van der Waals surface area contributed by atoms with Crippen LogP contribution in [0.3, 0.4) is 0 Å². The van der Waals surface area contributed by atoms with E-state index in [-0.39, 0.29) is 12.6 Å². The van der Waals surface area contributed by atoms with E-state index in [0.717, 1.165) is 19.4 Å². The largest absolute Gasteiger partial charge is 0.395 e. The van der Waals surface area contributed by atoms with Crippen molar-refractivity contribution in [3.63, 3.8) is 0 Å². The van der Waals surface area contributed by atoms with Gasteiger partial charge in [-0.15, -0.1) is 0 Å². The summed E-state index contributed by atoms with van der Waals surface area (Å²) in [5, 5.41) is 12.3. The van der Waals surface area contributed by atoms with E-state index >= 15 is 0 Å². The molecular weight excluding hydrogens is 188 g/mol. The zero-order valence-electron chi connectivity index (χ0n) is 8.87. The van der Waals surface area contributed by atoms with Crippen molar-refractivity contribution in [3.05, 3.63) is 29.3 Å². The summed E-state index contributed by atoms with van der Waals surface area (Å²) in [6.07, 6.45) is 3.09. The lowest BCUT2D eigenvalue weighted by molar-refractivity contribution is 0.265. The molecule has 1 aromatic rings. The number of fused-ring (bicyclic) bond motifs is 1. The molecule has 0 fully saturated rings. The highest BCUT2D eigenvalue weighted by Gasteiger charge is 2.09. The van der Waals surface area contributed by atoms with Gasteiger partial charge in [-0.3, -0.25) is 0 Å². The standard InChI is InChI=1S/C12H18N2O/c13-11(8-15)7-9-3-4-12-10(6-9)2-1-5-14-12/h3-4,6,11,14-15H,1-2,5,7-8,13H2. The SMILES string of the molecule is NC(CO)Cc1ccc2c(c1)CCCN2. The van der Waals surface area contributed by atoms with Crippen LogP contribution in [0.15, 0.2) is 18.2 Å². The lowest BCUT2D eigenvalue weighted by Gasteiger charge is -2.19. The maximum absolute atomic E-state index is 8.90. The second kappa shape index (κ2) is 4.64. The number of nitrogens with one attached hydrogen (secondary N) is 1. The molecule has 0 radical (unpaired) electrons. The fraction of sp³-hybridized carbons (Fsp3) is 0.500. The molecule has 82 valence electrons. The summed E-state index contributed by atoms with van der Waals surface area (Å²) in [6, 6.07) is 6.28. The van der Waals surface area contributed by atoms with Gasteiger partial charge in [-0.2, -0.15) is 0 Å². The minimum absolute atomic E-state index is 0.0509. The van der Waals surface area contributed by atoms with Gasteiger partial charge in [-0.1, -0.05) is 12.1 Å². The number of hydrogen-bond donors (Lipinski definition) is 3. The first-order chi connectivity index (χ1) is 7.29. The summed E-state index contributed by atoms with van der Waals surface area (Å²) in [6.45, 7) is 1.12. The summed E-state index contributed by atoms with van der Waals surface area (Å²) in [5.74, 6) is 0. The predicted molar refractivity (Wildman–Crippen MR) is 62.0 cm³/mol. The van der Waals surface area contributed by atoms with Gasteiger partial charge in [-0.25, -0.2) is 0 Å². The molecule has 0 saturated heterocycles. The Kier molecular flexibility index (Phi) is 3.23. The average molecular weight is 206 g/mol. The lowest BCUT2D eigenvalue weighted by Crippen LogP contribution is -2.27. The van der Waals surface area contributed by atoms with Crippen molar-refractivity contribution >= 4 is 5.69 Å². The van der Waals surface area contributed by atoms with Gasteiger partial charge >= 0.3 is 0 Å². The average Bonchev–Trinajstić information content (AvgIpc) is 2.29. The van der Waals surface area contributed by atoms with Crippen molar-refractivity contribution in [2.45, 2.75) is 25.3 Å². The molecule has 1 aliphatic heterocycles. The summed E-state index contributed by atoms with van der Waals surface area (Å²) in [7, 11) is 0. The van der Waals surface area contributed by atoms with Crippen LogP contribution in [-0.2, 0) is 12.8 Å². The molecule has 0 spiro atoms. The minimum atomic E-state index is -0.139. The molecule has 3 heteroatoms. The van der Waals surface area contributed by atoms with Crippen molar-refractivity contribution in [2.75, 3.05) is 18.5 Å². The highest BCUT2D eigenvalue weighted by atomic mass is 16.3. The van der Waals surface area contributed by atoms with Crippen LogP contribution in [0.25, 0.3) is 0 Å². The lowest BCUT2D eigenvalue weighted by atomic mass is 9.98.